The van der Waals surface area contributed by atoms with Gasteiger partial charge in [-0.05, 0) is 40.4 Å². The van der Waals surface area contributed by atoms with E-state index in [1.54, 1.807) is 13.1 Å². The molecule has 0 atom stereocenters. The number of aromatic nitrogens is 2. The molecule has 1 saturated heterocycles. The Bertz CT molecular complexity index is 877. The van der Waals surface area contributed by atoms with Crippen molar-refractivity contribution in [3.05, 3.63) is 56.4 Å². The molecule has 0 unspecified atom stereocenters. The first kappa shape index (κ1) is 19.9. The third kappa shape index (κ3) is 4.19. The summed E-state index contributed by atoms with van der Waals surface area (Å²) in [5.41, 5.74) is -0.362. The van der Waals surface area contributed by atoms with Crippen LogP contribution in [0.1, 0.15) is 24.0 Å². The van der Waals surface area contributed by atoms with Crippen LogP contribution in [-0.4, -0.2) is 29.5 Å². The fourth-order valence-electron chi connectivity index (χ4n) is 3.25. The van der Waals surface area contributed by atoms with Gasteiger partial charge in [0.2, 0.25) is 0 Å². The summed E-state index contributed by atoms with van der Waals surface area (Å²) in [4.78, 5) is 12.0. The van der Waals surface area contributed by atoms with E-state index in [0.29, 0.717) is 48.3 Å². The molecule has 0 saturated carbocycles. The van der Waals surface area contributed by atoms with E-state index in [9.17, 15) is 18.0 Å². The fourth-order valence-corrected chi connectivity index (χ4v) is 3.75. The minimum atomic E-state index is -4.39. The quantitative estimate of drug-likeness (QED) is 0.778. The van der Waals surface area contributed by atoms with Crippen molar-refractivity contribution >= 4 is 21.6 Å². The Hall–Kier alpha value is -1.87. The third-order valence-electron chi connectivity index (χ3n) is 4.95. The predicted molar refractivity (Wildman–Crippen MR) is 98.8 cm³/mol. The molecule has 1 aromatic heterocycles. The lowest BCUT2D eigenvalue weighted by Gasteiger charge is -2.38. The van der Waals surface area contributed by atoms with Crippen molar-refractivity contribution in [2.75, 3.05) is 25.1 Å². The van der Waals surface area contributed by atoms with Gasteiger partial charge < -0.3 is 10.1 Å². The Kier molecular flexibility index (Phi) is 5.62. The lowest BCUT2D eigenvalue weighted by molar-refractivity contribution is -0.137. The van der Waals surface area contributed by atoms with Gasteiger partial charge in [0, 0.05) is 32.2 Å². The molecule has 146 valence electrons. The lowest BCUT2D eigenvalue weighted by Crippen LogP contribution is -2.40. The normalized spacial score (nSPS) is 16.9. The largest absolute Gasteiger partial charge is 0.416 e. The number of benzene rings is 1. The first-order chi connectivity index (χ1) is 12.7. The summed E-state index contributed by atoms with van der Waals surface area (Å²) in [5, 5.41) is 7.17. The third-order valence-corrected chi connectivity index (χ3v) is 5.71. The van der Waals surface area contributed by atoms with Gasteiger partial charge in [-0.15, -0.1) is 0 Å². The first-order valence-electron chi connectivity index (χ1n) is 8.44. The maximum Gasteiger partial charge on any atom is 0.416 e. The number of nitrogens with one attached hydrogen (secondary N) is 1. The number of anilines is 1. The highest BCUT2D eigenvalue weighted by atomic mass is 79.9. The van der Waals surface area contributed by atoms with E-state index in [1.807, 2.05) is 0 Å². The highest BCUT2D eigenvalue weighted by Gasteiger charge is 2.37. The van der Waals surface area contributed by atoms with Crippen LogP contribution in [0.2, 0.25) is 0 Å². The van der Waals surface area contributed by atoms with Gasteiger partial charge in [-0.3, -0.25) is 4.79 Å². The van der Waals surface area contributed by atoms with Crippen molar-refractivity contribution in [2.24, 2.45) is 7.05 Å². The summed E-state index contributed by atoms with van der Waals surface area (Å²) in [7, 11) is 1.54. The minimum Gasteiger partial charge on any atom is -0.382 e. The van der Waals surface area contributed by atoms with E-state index in [4.69, 9.17) is 4.74 Å². The van der Waals surface area contributed by atoms with E-state index < -0.39 is 17.2 Å². The van der Waals surface area contributed by atoms with Crippen LogP contribution in [0.15, 0.2) is 39.7 Å². The molecule has 1 fully saturated rings. The molecule has 0 amide bonds. The zero-order chi connectivity index (χ0) is 19.7. The number of halogens is 4. The van der Waals surface area contributed by atoms with Crippen LogP contribution in [0, 0.1) is 0 Å². The standard InChI is InChI=1S/C18H19BrF3N3O2/c1-25-16(26)15(19)14(10-24-25)23-11-17(5-7-27-8-6-17)12-3-2-4-13(9-12)18(20,21)22/h2-4,9-10,23H,5-8,11H2,1H3. The van der Waals surface area contributed by atoms with Crippen LogP contribution in [0.5, 0.6) is 0 Å². The summed E-state index contributed by atoms with van der Waals surface area (Å²) in [6, 6.07) is 5.44. The fraction of sp³-hybridized carbons (Fsp3) is 0.444. The molecule has 1 N–H and O–H groups in total. The van der Waals surface area contributed by atoms with E-state index in [-0.39, 0.29) is 5.56 Å². The Morgan fingerprint density at radius 3 is 2.70 bits per heavy atom. The average molecular weight is 446 g/mol. The van der Waals surface area contributed by atoms with Crippen molar-refractivity contribution in [2.45, 2.75) is 24.4 Å². The Morgan fingerprint density at radius 1 is 1.33 bits per heavy atom. The van der Waals surface area contributed by atoms with Gasteiger partial charge >= 0.3 is 6.18 Å². The Labute approximate surface area is 162 Å². The number of alkyl halides is 3. The van der Waals surface area contributed by atoms with E-state index in [0.717, 1.165) is 6.07 Å². The average Bonchev–Trinajstić information content (AvgIpc) is 2.66. The highest BCUT2D eigenvalue weighted by Crippen LogP contribution is 2.38. The van der Waals surface area contributed by atoms with Crippen LogP contribution >= 0.6 is 15.9 Å². The van der Waals surface area contributed by atoms with Gasteiger partial charge in [0.1, 0.15) is 4.47 Å². The van der Waals surface area contributed by atoms with E-state index in [1.165, 1.54) is 23.0 Å². The molecule has 0 spiro atoms. The smallest absolute Gasteiger partial charge is 0.382 e. The summed E-state index contributed by atoms with van der Waals surface area (Å²) in [6.07, 6.45) is -1.71. The lowest BCUT2D eigenvalue weighted by atomic mass is 9.73. The van der Waals surface area contributed by atoms with Crippen LogP contribution in [-0.2, 0) is 23.4 Å². The molecular weight excluding hydrogens is 427 g/mol. The Morgan fingerprint density at radius 2 is 2.04 bits per heavy atom. The molecule has 1 aromatic carbocycles. The molecule has 0 radical (unpaired) electrons. The molecule has 0 aliphatic carbocycles. The molecule has 3 rings (SSSR count). The molecule has 5 nitrogen and oxygen atoms in total. The summed E-state index contributed by atoms with van der Waals surface area (Å²) < 4.78 is 46.4. The second-order valence-corrected chi connectivity index (χ2v) is 7.42. The summed E-state index contributed by atoms with van der Waals surface area (Å²) in [5.74, 6) is 0. The molecule has 0 bridgehead atoms. The van der Waals surface area contributed by atoms with Crippen LogP contribution < -0.4 is 10.9 Å². The van der Waals surface area contributed by atoms with Crippen LogP contribution in [0.25, 0.3) is 0 Å². The van der Waals surface area contributed by atoms with Gasteiger partial charge in [-0.2, -0.15) is 18.3 Å². The minimum absolute atomic E-state index is 0.292. The number of hydrogen-bond acceptors (Lipinski definition) is 4. The first-order valence-corrected chi connectivity index (χ1v) is 9.23. The SMILES string of the molecule is Cn1ncc(NCC2(c3cccc(C(F)(F)F)c3)CCOCC2)c(Br)c1=O. The summed E-state index contributed by atoms with van der Waals surface area (Å²) >= 11 is 3.26. The summed E-state index contributed by atoms with van der Waals surface area (Å²) in [6.45, 7) is 1.30. The second-order valence-electron chi connectivity index (χ2n) is 6.63. The van der Waals surface area contributed by atoms with E-state index >= 15 is 0 Å². The number of rotatable bonds is 4. The zero-order valence-corrected chi connectivity index (χ0v) is 16.2. The van der Waals surface area contributed by atoms with Crippen molar-refractivity contribution in [1.82, 2.24) is 9.78 Å². The number of ether oxygens (including phenoxy) is 1. The van der Waals surface area contributed by atoms with Gasteiger partial charge in [0.05, 0.1) is 17.4 Å². The molecule has 1 aliphatic rings. The van der Waals surface area contributed by atoms with Gasteiger partial charge in [0.15, 0.2) is 0 Å². The topological polar surface area (TPSA) is 56.1 Å². The molecule has 9 heteroatoms. The zero-order valence-electron chi connectivity index (χ0n) is 14.6. The van der Waals surface area contributed by atoms with Gasteiger partial charge in [-0.25, -0.2) is 4.68 Å². The molecule has 2 heterocycles. The van der Waals surface area contributed by atoms with Crippen molar-refractivity contribution in [3.8, 4) is 0 Å². The maximum absolute atomic E-state index is 13.2. The monoisotopic (exact) mass is 445 g/mol. The highest BCUT2D eigenvalue weighted by molar-refractivity contribution is 9.10. The van der Waals surface area contributed by atoms with Crippen molar-refractivity contribution < 1.29 is 17.9 Å². The van der Waals surface area contributed by atoms with Gasteiger partial charge in [-0.1, -0.05) is 18.2 Å². The maximum atomic E-state index is 13.2. The van der Waals surface area contributed by atoms with Crippen molar-refractivity contribution in [3.63, 3.8) is 0 Å². The molecule has 27 heavy (non-hydrogen) atoms. The second kappa shape index (κ2) is 7.63. The number of hydrogen-bond donors (Lipinski definition) is 1. The van der Waals surface area contributed by atoms with Crippen LogP contribution in [0.3, 0.4) is 0 Å². The Balaban J connectivity index is 1.92. The molecular formula is C18H19BrF3N3O2. The number of aryl methyl sites for hydroxylation is 1. The molecule has 2 aromatic rings. The van der Waals surface area contributed by atoms with Crippen molar-refractivity contribution in [1.29, 1.82) is 0 Å². The van der Waals surface area contributed by atoms with Crippen LogP contribution in [0.4, 0.5) is 18.9 Å². The predicted octanol–water partition coefficient (Wildman–Crippen LogP) is 3.72. The van der Waals surface area contributed by atoms with Gasteiger partial charge in [0.25, 0.3) is 5.56 Å². The van der Waals surface area contributed by atoms with E-state index in [2.05, 4.69) is 26.3 Å². The number of nitrogens with zero attached hydrogens (tertiary/aromatic N) is 2. The molecule has 1 aliphatic heterocycles.